The second kappa shape index (κ2) is 5.97. The molecule has 0 aliphatic carbocycles. The molecule has 0 spiro atoms. The largest absolute Gasteiger partial charge is 0.375 e. The van der Waals surface area contributed by atoms with Crippen LogP contribution < -0.4 is 5.73 Å². The quantitative estimate of drug-likeness (QED) is 0.804. The van der Waals surface area contributed by atoms with Crippen molar-refractivity contribution in [2.75, 3.05) is 6.61 Å². The zero-order chi connectivity index (χ0) is 12.0. The molecule has 1 aromatic heterocycles. The van der Waals surface area contributed by atoms with Crippen molar-refractivity contribution in [1.29, 1.82) is 0 Å². The maximum atomic E-state index is 6.15. The van der Waals surface area contributed by atoms with Gasteiger partial charge in [0.2, 0.25) is 0 Å². The van der Waals surface area contributed by atoms with E-state index < -0.39 is 0 Å². The molecule has 0 amide bonds. The molecule has 0 saturated carbocycles. The Morgan fingerprint density at radius 2 is 2.00 bits per heavy atom. The van der Waals surface area contributed by atoms with Crippen LogP contribution in [-0.4, -0.2) is 17.1 Å². The molecule has 1 rings (SSSR count). The number of pyridine rings is 1. The molecule has 1 heterocycles. The Bertz CT molecular complexity index is 321. The maximum Gasteiger partial charge on any atom is 0.0732 e. The highest BCUT2D eigenvalue weighted by Crippen LogP contribution is 2.12. The summed E-state index contributed by atoms with van der Waals surface area (Å²) in [6, 6.07) is 2.09. The Hall–Kier alpha value is -0.930. The second-order valence-electron chi connectivity index (χ2n) is 4.43. The molecular weight excluding hydrogens is 200 g/mol. The summed E-state index contributed by atoms with van der Waals surface area (Å²) in [7, 11) is 0. The highest BCUT2D eigenvalue weighted by molar-refractivity contribution is 5.15. The minimum Gasteiger partial charge on any atom is -0.375 e. The van der Waals surface area contributed by atoms with Gasteiger partial charge in [-0.25, -0.2) is 0 Å². The van der Waals surface area contributed by atoms with Crippen molar-refractivity contribution >= 4 is 0 Å². The number of nitrogens with two attached hydrogens (primary N) is 1. The molecule has 3 nitrogen and oxygen atoms in total. The first kappa shape index (κ1) is 13.1. The molecule has 0 saturated heterocycles. The lowest BCUT2D eigenvalue weighted by Crippen LogP contribution is -2.43. The summed E-state index contributed by atoms with van der Waals surface area (Å²) < 4.78 is 5.66. The smallest absolute Gasteiger partial charge is 0.0732 e. The van der Waals surface area contributed by atoms with Crippen LogP contribution in [0, 0.1) is 6.92 Å². The van der Waals surface area contributed by atoms with E-state index in [1.807, 2.05) is 19.3 Å². The topological polar surface area (TPSA) is 48.1 Å². The third kappa shape index (κ3) is 3.91. The summed E-state index contributed by atoms with van der Waals surface area (Å²) in [5.41, 5.74) is 8.23. The molecule has 16 heavy (non-hydrogen) atoms. The molecule has 0 atom stereocenters. The van der Waals surface area contributed by atoms with Gasteiger partial charge < -0.3 is 10.5 Å². The Morgan fingerprint density at radius 3 is 2.56 bits per heavy atom. The van der Waals surface area contributed by atoms with Crippen LogP contribution in [0.1, 0.15) is 37.8 Å². The lowest BCUT2D eigenvalue weighted by molar-refractivity contribution is 0.0694. The average molecular weight is 222 g/mol. The molecule has 2 N–H and O–H groups in total. The van der Waals surface area contributed by atoms with Crippen molar-refractivity contribution in [2.24, 2.45) is 5.73 Å². The molecule has 0 aliphatic heterocycles. The molecule has 0 fully saturated rings. The lowest BCUT2D eigenvalue weighted by atomic mass is 9.96. The van der Waals surface area contributed by atoms with Gasteiger partial charge in [-0.2, -0.15) is 0 Å². The Balaban J connectivity index is 2.41. The minimum absolute atomic E-state index is 0.183. The number of nitrogens with zero attached hydrogens (tertiary/aromatic N) is 1. The zero-order valence-corrected chi connectivity index (χ0v) is 10.5. The predicted molar refractivity (Wildman–Crippen MR) is 66.1 cm³/mol. The first-order valence-electron chi connectivity index (χ1n) is 5.87. The second-order valence-corrected chi connectivity index (χ2v) is 4.43. The van der Waals surface area contributed by atoms with Crippen molar-refractivity contribution in [3.63, 3.8) is 0 Å². The van der Waals surface area contributed by atoms with Gasteiger partial charge in [-0.15, -0.1) is 0 Å². The first-order chi connectivity index (χ1) is 7.59. The van der Waals surface area contributed by atoms with E-state index in [0.29, 0.717) is 13.2 Å². The van der Waals surface area contributed by atoms with Gasteiger partial charge in [-0.1, -0.05) is 19.9 Å². The SMILES string of the molecule is CCC(N)(CC)COCc1cncc(C)c1. The van der Waals surface area contributed by atoms with E-state index in [1.54, 1.807) is 0 Å². The van der Waals surface area contributed by atoms with Crippen molar-refractivity contribution < 1.29 is 4.74 Å². The Kier molecular flexibility index (Phi) is 4.90. The fourth-order valence-electron chi connectivity index (χ4n) is 1.52. The van der Waals surface area contributed by atoms with Crippen LogP contribution in [0.25, 0.3) is 0 Å². The molecule has 90 valence electrons. The minimum atomic E-state index is -0.183. The fraction of sp³-hybridized carbons (Fsp3) is 0.615. The van der Waals surface area contributed by atoms with E-state index in [1.165, 1.54) is 0 Å². The number of rotatable bonds is 6. The summed E-state index contributed by atoms with van der Waals surface area (Å²) >= 11 is 0. The average Bonchev–Trinajstić information content (AvgIpc) is 2.29. The van der Waals surface area contributed by atoms with Crippen LogP contribution in [0.2, 0.25) is 0 Å². The van der Waals surface area contributed by atoms with Gasteiger partial charge in [-0.05, 0) is 30.9 Å². The number of hydrogen-bond donors (Lipinski definition) is 1. The van der Waals surface area contributed by atoms with E-state index in [-0.39, 0.29) is 5.54 Å². The fourth-order valence-corrected chi connectivity index (χ4v) is 1.52. The monoisotopic (exact) mass is 222 g/mol. The van der Waals surface area contributed by atoms with Gasteiger partial charge in [0.25, 0.3) is 0 Å². The van der Waals surface area contributed by atoms with E-state index >= 15 is 0 Å². The van der Waals surface area contributed by atoms with Crippen molar-refractivity contribution in [2.45, 2.75) is 45.8 Å². The van der Waals surface area contributed by atoms with Gasteiger partial charge >= 0.3 is 0 Å². The van der Waals surface area contributed by atoms with Crippen LogP contribution in [0.15, 0.2) is 18.5 Å². The Morgan fingerprint density at radius 1 is 1.31 bits per heavy atom. The van der Waals surface area contributed by atoms with Crippen molar-refractivity contribution in [3.8, 4) is 0 Å². The molecule has 0 unspecified atom stereocenters. The molecule has 0 radical (unpaired) electrons. The molecular formula is C13H22N2O. The molecule has 1 aromatic rings. The predicted octanol–water partition coefficient (Wildman–Crippen LogP) is 2.42. The van der Waals surface area contributed by atoms with Gasteiger partial charge in [-0.3, -0.25) is 4.98 Å². The molecule has 3 heteroatoms. The van der Waals surface area contributed by atoms with Crippen molar-refractivity contribution in [1.82, 2.24) is 4.98 Å². The van der Waals surface area contributed by atoms with Crippen LogP contribution in [0.5, 0.6) is 0 Å². The number of aromatic nitrogens is 1. The van der Waals surface area contributed by atoms with Gasteiger partial charge in [0.15, 0.2) is 0 Å². The Labute approximate surface area is 98.0 Å². The molecule has 0 aromatic carbocycles. The van der Waals surface area contributed by atoms with E-state index in [0.717, 1.165) is 24.0 Å². The van der Waals surface area contributed by atoms with Crippen LogP contribution in [0.3, 0.4) is 0 Å². The summed E-state index contributed by atoms with van der Waals surface area (Å²) in [6.07, 6.45) is 5.56. The summed E-state index contributed by atoms with van der Waals surface area (Å²) in [5, 5.41) is 0. The number of hydrogen-bond acceptors (Lipinski definition) is 3. The van der Waals surface area contributed by atoms with E-state index in [2.05, 4.69) is 24.9 Å². The highest BCUT2D eigenvalue weighted by atomic mass is 16.5. The highest BCUT2D eigenvalue weighted by Gasteiger charge is 2.20. The van der Waals surface area contributed by atoms with Gasteiger partial charge in [0, 0.05) is 17.9 Å². The van der Waals surface area contributed by atoms with Gasteiger partial charge in [0.1, 0.15) is 0 Å². The third-order valence-electron chi connectivity index (χ3n) is 3.00. The van der Waals surface area contributed by atoms with Crippen molar-refractivity contribution in [3.05, 3.63) is 29.6 Å². The summed E-state index contributed by atoms with van der Waals surface area (Å²) in [6.45, 7) is 7.42. The zero-order valence-electron chi connectivity index (χ0n) is 10.5. The van der Waals surface area contributed by atoms with E-state index in [9.17, 15) is 0 Å². The standard InChI is InChI=1S/C13H22N2O/c1-4-13(14,5-2)10-16-9-12-6-11(3)7-15-8-12/h6-8H,4-5,9-10,14H2,1-3H3. The van der Waals surface area contributed by atoms with Crippen LogP contribution >= 0.6 is 0 Å². The first-order valence-corrected chi connectivity index (χ1v) is 5.87. The third-order valence-corrected chi connectivity index (χ3v) is 3.00. The van der Waals surface area contributed by atoms with Gasteiger partial charge in [0.05, 0.1) is 13.2 Å². The summed E-state index contributed by atoms with van der Waals surface area (Å²) in [5.74, 6) is 0. The lowest BCUT2D eigenvalue weighted by Gasteiger charge is -2.26. The van der Waals surface area contributed by atoms with Crippen LogP contribution in [-0.2, 0) is 11.3 Å². The summed E-state index contributed by atoms with van der Waals surface area (Å²) in [4.78, 5) is 4.13. The molecule has 0 bridgehead atoms. The maximum absolute atomic E-state index is 6.15. The molecule has 0 aliphatic rings. The normalized spacial score (nSPS) is 11.8. The van der Waals surface area contributed by atoms with Crippen LogP contribution in [0.4, 0.5) is 0 Å². The van der Waals surface area contributed by atoms with E-state index in [4.69, 9.17) is 10.5 Å². The number of aryl methyl sites for hydroxylation is 1. The number of ether oxygens (including phenoxy) is 1.